The van der Waals surface area contributed by atoms with Crippen LogP contribution in [0.3, 0.4) is 0 Å². The molecule has 6 heteroatoms. The third-order valence-electron chi connectivity index (χ3n) is 4.85. The van der Waals surface area contributed by atoms with Crippen LogP contribution in [0.15, 0.2) is 53.4 Å². The lowest BCUT2D eigenvalue weighted by Gasteiger charge is -2.37. The van der Waals surface area contributed by atoms with Crippen molar-refractivity contribution in [2.75, 3.05) is 31.1 Å². The van der Waals surface area contributed by atoms with Crippen molar-refractivity contribution in [3.63, 3.8) is 0 Å². The molecule has 0 unspecified atom stereocenters. The molecule has 2 aromatic heterocycles. The average Bonchev–Trinajstić information content (AvgIpc) is 3.20. The lowest BCUT2D eigenvalue weighted by Crippen LogP contribution is -2.50. The van der Waals surface area contributed by atoms with Crippen molar-refractivity contribution in [1.29, 1.82) is 0 Å². The van der Waals surface area contributed by atoms with Gasteiger partial charge in [0.2, 0.25) is 0 Å². The van der Waals surface area contributed by atoms with Crippen LogP contribution in [0.2, 0.25) is 0 Å². The molecule has 0 saturated carbocycles. The predicted octanol–water partition coefficient (Wildman–Crippen LogP) is 4.55. The number of carbonyl (C=O) groups is 1. The van der Waals surface area contributed by atoms with Crippen LogP contribution in [-0.2, 0) is 4.74 Å². The van der Waals surface area contributed by atoms with Crippen molar-refractivity contribution in [2.45, 2.75) is 26.4 Å². The molecule has 0 N–H and O–H groups in total. The molecule has 3 aromatic rings. The van der Waals surface area contributed by atoms with E-state index >= 15 is 0 Å². The highest BCUT2D eigenvalue weighted by atomic mass is 16.6. The van der Waals surface area contributed by atoms with Gasteiger partial charge in [0.1, 0.15) is 11.4 Å². The van der Waals surface area contributed by atoms with Gasteiger partial charge in [-0.3, -0.25) is 4.98 Å². The molecule has 1 aliphatic heterocycles. The number of nitrogens with zero attached hydrogens (tertiary/aromatic N) is 3. The molecule has 0 aliphatic carbocycles. The summed E-state index contributed by atoms with van der Waals surface area (Å²) >= 11 is 0. The van der Waals surface area contributed by atoms with Crippen LogP contribution in [0.1, 0.15) is 20.8 Å². The molecule has 6 nitrogen and oxygen atoms in total. The number of ether oxygens (including phenoxy) is 1. The van der Waals surface area contributed by atoms with Gasteiger partial charge in [-0.05, 0) is 51.1 Å². The van der Waals surface area contributed by atoms with Gasteiger partial charge in [-0.25, -0.2) is 4.79 Å². The summed E-state index contributed by atoms with van der Waals surface area (Å²) in [5.74, 6) is 0.833. The van der Waals surface area contributed by atoms with Crippen LogP contribution in [0.4, 0.5) is 10.5 Å². The van der Waals surface area contributed by atoms with Crippen LogP contribution in [0.5, 0.6) is 0 Å². The highest BCUT2D eigenvalue weighted by Crippen LogP contribution is 2.35. The van der Waals surface area contributed by atoms with Gasteiger partial charge < -0.3 is 19.0 Å². The summed E-state index contributed by atoms with van der Waals surface area (Å²) in [4.78, 5) is 20.7. The van der Waals surface area contributed by atoms with E-state index in [1.54, 1.807) is 11.2 Å². The van der Waals surface area contributed by atoms with E-state index in [1.165, 1.54) is 0 Å². The maximum atomic E-state index is 12.3. The molecule has 0 radical (unpaired) electrons. The van der Waals surface area contributed by atoms with Gasteiger partial charge in [0.25, 0.3) is 0 Å². The summed E-state index contributed by atoms with van der Waals surface area (Å²) in [6.45, 7) is 8.47. The quantitative estimate of drug-likeness (QED) is 0.654. The highest BCUT2D eigenvalue weighted by molar-refractivity contribution is 6.02. The number of hydrogen-bond acceptors (Lipinski definition) is 5. The number of aromatic nitrogens is 1. The maximum absolute atomic E-state index is 12.3. The normalized spacial score (nSPS) is 15.1. The van der Waals surface area contributed by atoms with E-state index in [-0.39, 0.29) is 6.09 Å². The minimum absolute atomic E-state index is 0.241. The van der Waals surface area contributed by atoms with Crippen LogP contribution in [0, 0.1) is 0 Å². The van der Waals surface area contributed by atoms with Gasteiger partial charge in [0.05, 0.1) is 6.26 Å². The first-order valence-corrected chi connectivity index (χ1v) is 9.56. The Morgan fingerprint density at radius 2 is 1.86 bits per heavy atom. The Hall–Kier alpha value is -3.02. The number of piperazine rings is 1. The molecule has 3 heterocycles. The standard InChI is InChI=1S/C22H25N3O3/c1-22(2,3)28-21(26)25-12-10-24(11-13-25)19-7-6-17(20-5-4-14-27-20)18-15-23-9-8-16(18)19/h4-9,14-15H,10-13H2,1-3H3. The van der Waals surface area contributed by atoms with E-state index in [9.17, 15) is 4.79 Å². The number of benzene rings is 1. The molecule has 146 valence electrons. The maximum Gasteiger partial charge on any atom is 0.410 e. The number of furan rings is 1. The number of anilines is 1. The van der Waals surface area contributed by atoms with Gasteiger partial charge in [0, 0.05) is 60.6 Å². The zero-order valence-corrected chi connectivity index (χ0v) is 16.5. The minimum atomic E-state index is -0.473. The van der Waals surface area contributed by atoms with Crippen molar-refractivity contribution >= 4 is 22.6 Å². The van der Waals surface area contributed by atoms with E-state index in [2.05, 4.69) is 22.0 Å². The molecule has 1 amide bonds. The van der Waals surface area contributed by atoms with E-state index in [0.29, 0.717) is 13.1 Å². The monoisotopic (exact) mass is 379 g/mol. The fourth-order valence-electron chi connectivity index (χ4n) is 3.55. The number of carbonyl (C=O) groups excluding carboxylic acids is 1. The number of fused-ring (bicyclic) bond motifs is 1. The lowest BCUT2D eigenvalue weighted by molar-refractivity contribution is 0.0240. The molecule has 0 atom stereocenters. The molecule has 1 aliphatic rings. The van der Waals surface area contributed by atoms with Crippen LogP contribution >= 0.6 is 0 Å². The van der Waals surface area contributed by atoms with Crippen LogP contribution < -0.4 is 4.90 Å². The van der Waals surface area contributed by atoms with Gasteiger partial charge in [0.15, 0.2) is 0 Å². The van der Waals surface area contributed by atoms with Crippen molar-refractivity contribution in [2.24, 2.45) is 0 Å². The number of rotatable bonds is 2. The Balaban J connectivity index is 1.56. The summed E-state index contributed by atoms with van der Waals surface area (Å²) in [5.41, 5.74) is 1.71. The fourth-order valence-corrected chi connectivity index (χ4v) is 3.55. The topological polar surface area (TPSA) is 58.8 Å². The highest BCUT2D eigenvalue weighted by Gasteiger charge is 2.26. The summed E-state index contributed by atoms with van der Waals surface area (Å²) < 4.78 is 11.1. The first kappa shape index (κ1) is 18.3. The fraction of sp³-hybridized carbons (Fsp3) is 0.364. The number of hydrogen-bond donors (Lipinski definition) is 0. The molecule has 1 fully saturated rings. The summed E-state index contributed by atoms with van der Waals surface area (Å²) in [6, 6.07) is 10.1. The molecule has 1 aromatic carbocycles. The molecule has 28 heavy (non-hydrogen) atoms. The zero-order valence-electron chi connectivity index (χ0n) is 16.5. The summed E-state index contributed by atoms with van der Waals surface area (Å²) in [6.07, 6.45) is 5.14. The summed E-state index contributed by atoms with van der Waals surface area (Å²) in [5, 5.41) is 2.19. The molecule has 0 spiro atoms. The molecular weight excluding hydrogens is 354 g/mol. The van der Waals surface area contributed by atoms with Gasteiger partial charge in [-0.1, -0.05) is 0 Å². The Kier molecular flexibility index (Phi) is 4.71. The van der Waals surface area contributed by atoms with Crippen molar-refractivity contribution in [3.8, 4) is 11.3 Å². The third kappa shape index (κ3) is 3.67. The third-order valence-corrected chi connectivity index (χ3v) is 4.85. The molecular formula is C22H25N3O3. The second kappa shape index (κ2) is 7.19. The smallest absolute Gasteiger partial charge is 0.410 e. The Morgan fingerprint density at radius 1 is 1.07 bits per heavy atom. The Labute approximate surface area is 164 Å². The average molecular weight is 379 g/mol. The van der Waals surface area contributed by atoms with E-state index < -0.39 is 5.60 Å². The van der Waals surface area contributed by atoms with E-state index in [4.69, 9.17) is 9.15 Å². The predicted molar refractivity (Wildman–Crippen MR) is 109 cm³/mol. The second-order valence-electron chi connectivity index (χ2n) is 7.99. The first-order valence-electron chi connectivity index (χ1n) is 9.56. The summed E-state index contributed by atoms with van der Waals surface area (Å²) in [7, 11) is 0. The lowest BCUT2D eigenvalue weighted by atomic mass is 10.0. The van der Waals surface area contributed by atoms with Crippen molar-refractivity contribution in [1.82, 2.24) is 9.88 Å². The first-order chi connectivity index (χ1) is 13.4. The van der Waals surface area contributed by atoms with Gasteiger partial charge in [-0.2, -0.15) is 0 Å². The Bertz CT molecular complexity index is 968. The largest absolute Gasteiger partial charge is 0.464 e. The zero-order chi connectivity index (χ0) is 19.7. The SMILES string of the molecule is CC(C)(C)OC(=O)N1CCN(c2ccc(-c3ccco3)c3cnccc23)CC1. The van der Waals surface area contributed by atoms with Crippen LogP contribution in [-0.4, -0.2) is 47.8 Å². The Morgan fingerprint density at radius 3 is 2.54 bits per heavy atom. The molecule has 0 bridgehead atoms. The number of amides is 1. The van der Waals surface area contributed by atoms with Gasteiger partial charge >= 0.3 is 6.09 Å². The van der Waals surface area contributed by atoms with Crippen molar-refractivity contribution in [3.05, 3.63) is 49.0 Å². The van der Waals surface area contributed by atoms with Crippen LogP contribution in [0.25, 0.3) is 22.1 Å². The molecule has 4 rings (SSSR count). The number of pyridine rings is 1. The van der Waals surface area contributed by atoms with Gasteiger partial charge in [-0.15, -0.1) is 0 Å². The minimum Gasteiger partial charge on any atom is -0.464 e. The van der Waals surface area contributed by atoms with E-state index in [1.807, 2.05) is 51.4 Å². The molecule has 1 saturated heterocycles. The van der Waals surface area contributed by atoms with E-state index in [0.717, 1.165) is 40.9 Å². The second-order valence-corrected chi connectivity index (χ2v) is 7.99. The van der Waals surface area contributed by atoms with Crippen molar-refractivity contribution < 1.29 is 13.9 Å².